The molecule has 7 rings (SSSR count). The molecule has 0 aromatic carbocycles. The van der Waals surface area contributed by atoms with E-state index in [9.17, 15) is 18.0 Å². The number of carbonyl (C=O) groups is 1. The number of nitrogens with zero attached hydrogens (tertiary/aromatic N) is 6. The van der Waals surface area contributed by atoms with Crippen molar-refractivity contribution in [2.45, 2.75) is 52.9 Å². The number of hydrogen-bond acceptors (Lipinski definition) is 8. The minimum Gasteiger partial charge on any atom is -0.462 e. The molecule has 0 amide bonds. The molecule has 4 unspecified atom stereocenters. The quantitative estimate of drug-likeness (QED) is 0.394. The van der Waals surface area contributed by atoms with Crippen molar-refractivity contribution >= 4 is 17.6 Å². The lowest BCUT2D eigenvalue weighted by Crippen LogP contribution is -2.23. The van der Waals surface area contributed by atoms with E-state index in [0.29, 0.717) is 0 Å². The van der Waals surface area contributed by atoms with Gasteiger partial charge < -0.3 is 19.6 Å². The Labute approximate surface area is 248 Å². The van der Waals surface area contributed by atoms with E-state index in [0.717, 1.165) is 81.8 Å². The van der Waals surface area contributed by atoms with Gasteiger partial charge in [-0.05, 0) is 80.5 Å². The molecule has 2 saturated heterocycles. The fourth-order valence-electron chi connectivity index (χ4n) is 6.25. The number of alkyl halides is 3. The maximum atomic E-state index is 13.2. The highest BCUT2D eigenvalue weighted by Gasteiger charge is 2.46. The zero-order chi connectivity index (χ0) is 30.5. The fraction of sp³-hybridized carbons (Fsp3) is 0.548. The molecular weight excluding hydrogens is 561 g/mol. The topological polar surface area (TPSA) is 96.6 Å². The van der Waals surface area contributed by atoms with E-state index in [-0.39, 0.29) is 19.8 Å². The molecule has 0 radical (unpaired) electrons. The normalized spacial score (nSPS) is 23.4. The minimum absolute atomic E-state index is 0.00991. The summed E-state index contributed by atoms with van der Waals surface area (Å²) in [4.78, 5) is 25.7. The van der Waals surface area contributed by atoms with Gasteiger partial charge >= 0.3 is 12.1 Å². The van der Waals surface area contributed by atoms with Crippen LogP contribution in [0.3, 0.4) is 0 Å². The summed E-state index contributed by atoms with van der Waals surface area (Å²) in [6.07, 6.45) is -0.926. The summed E-state index contributed by atoms with van der Waals surface area (Å²) in [6, 6.07) is 7.78. The van der Waals surface area contributed by atoms with Crippen LogP contribution in [0.15, 0.2) is 30.5 Å². The van der Waals surface area contributed by atoms with Crippen LogP contribution >= 0.6 is 0 Å². The number of aliphatic hydroxyl groups is 1. The number of ether oxygens (including phenoxy) is 1. The van der Waals surface area contributed by atoms with E-state index in [2.05, 4.69) is 24.9 Å². The van der Waals surface area contributed by atoms with Crippen molar-refractivity contribution in [1.29, 1.82) is 0 Å². The fourth-order valence-corrected chi connectivity index (χ4v) is 6.25. The number of aryl methyl sites for hydroxylation is 2. The van der Waals surface area contributed by atoms with Gasteiger partial charge in [0.25, 0.3) is 0 Å². The van der Waals surface area contributed by atoms with Gasteiger partial charge in [-0.1, -0.05) is 12.1 Å². The highest BCUT2D eigenvalue weighted by Crippen LogP contribution is 2.46. The predicted octanol–water partition coefficient (Wildman–Crippen LogP) is 4.62. The number of aliphatic hydroxyl groups excluding tert-OH is 1. The number of rotatable bonds is 7. The van der Waals surface area contributed by atoms with Gasteiger partial charge in [0.15, 0.2) is 5.69 Å². The van der Waals surface area contributed by atoms with Crippen molar-refractivity contribution in [2.24, 2.45) is 23.7 Å². The van der Waals surface area contributed by atoms with Crippen LogP contribution in [0.25, 0.3) is 0 Å². The van der Waals surface area contributed by atoms with Gasteiger partial charge in [-0.3, -0.25) is 4.68 Å². The average molecular weight is 599 g/mol. The SMILES string of the molecule is CCOC(=O)c1cn(Cc2ccc(N3CC4CC4C3)nc2C)nc1C(F)(F)F.Cc1nc(N2CC3CC3C2)ccc1CO. The maximum Gasteiger partial charge on any atom is 0.436 e. The van der Waals surface area contributed by atoms with E-state index in [1.54, 1.807) is 0 Å². The number of anilines is 2. The predicted molar refractivity (Wildman–Crippen MR) is 154 cm³/mol. The molecule has 3 aromatic heterocycles. The van der Waals surface area contributed by atoms with Crippen molar-refractivity contribution in [3.05, 3.63) is 64.2 Å². The number of piperidine rings is 2. The molecule has 43 heavy (non-hydrogen) atoms. The summed E-state index contributed by atoms with van der Waals surface area (Å²) in [7, 11) is 0. The zero-order valence-electron chi connectivity index (χ0n) is 24.6. The van der Waals surface area contributed by atoms with Crippen molar-refractivity contribution in [3.63, 3.8) is 0 Å². The summed E-state index contributed by atoms with van der Waals surface area (Å²) in [5.41, 5.74) is 1.57. The second-order valence-corrected chi connectivity index (χ2v) is 12.1. The second kappa shape index (κ2) is 11.4. The van der Waals surface area contributed by atoms with Gasteiger partial charge in [-0.25, -0.2) is 14.8 Å². The van der Waals surface area contributed by atoms with Crippen molar-refractivity contribution in [2.75, 3.05) is 42.6 Å². The van der Waals surface area contributed by atoms with Crippen LogP contribution in [0.1, 0.15) is 58.3 Å². The summed E-state index contributed by atoms with van der Waals surface area (Å²) in [6.45, 7) is 9.89. The van der Waals surface area contributed by atoms with Crippen LogP contribution < -0.4 is 9.80 Å². The number of fused-ring (bicyclic) bond motifs is 2. The van der Waals surface area contributed by atoms with Crippen LogP contribution in [0.4, 0.5) is 24.8 Å². The zero-order valence-corrected chi connectivity index (χ0v) is 24.6. The van der Waals surface area contributed by atoms with Gasteiger partial charge in [0, 0.05) is 43.8 Å². The Kier molecular flexibility index (Phi) is 7.82. The molecule has 3 aromatic rings. The Morgan fingerprint density at radius 3 is 1.86 bits per heavy atom. The monoisotopic (exact) mass is 598 g/mol. The van der Waals surface area contributed by atoms with Gasteiger partial charge in [0.2, 0.25) is 0 Å². The summed E-state index contributed by atoms with van der Waals surface area (Å²) in [5, 5.41) is 12.7. The lowest BCUT2D eigenvalue weighted by molar-refractivity contribution is -0.142. The third-order valence-corrected chi connectivity index (χ3v) is 9.00. The van der Waals surface area contributed by atoms with Gasteiger partial charge in [-0.15, -0.1) is 0 Å². The minimum atomic E-state index is -4.74. The third-order valence-electron chi connectivity index (χ3n) is 9.00. The molecule has 2 saturated carbocycles. The first-order valence-electron chi connectivity index (χ1n) is 14.9. The first-order valence-corrected chi connectivity index (χ1v) is 14.9. The van der Waals surface area contributed by atoms with E-state index in [1.807, 2.05) is 38.1 Å². The molecule has 1 N–H and O–H groups in total. The van der Waals surface area contributed by atoms with Gasteiger partial charge in [-0.2, -0.15) is 18.3 Å². The summed E-state index contributed by atoms with van der Waals surface area (Å²) in [5.74, 6) is 4.39. The average Bonchev–Trinajstić information content (AvgIpc) is 3.68. The molecule has 5 heterocycles. The van der Waals surface area contributed by atoms with Crippen LogP contribution in [-0.4, -0.2) is 63.6 Å². The lowest BCUT2D eigenvalue weighted by Gasteiger charge is -2.20. The first-order chi connectivity index (χ1) is 20.5. The number of carbonyl (C=O) groups excluding carboxylic acids is 1. The number of hydrogen-bond donors (Lipinski definition) is 1. The maximum absolute atomic E-state index is 13.2. The van der Waals surface area contributed by atoms with Gasteiger partial charge in [0.1, 0.15) is 17.2 Å². The number of esters is 1. The van der Waals surface area contributed by atoms with E-state index in [4.69, 9.17) is 9.84 Å². The number of pyridine rings is 2. The number of aromatic nitrogens is 4. The Morgan fingerprint density at radius 1 is 0.907 bits per heavy atom. The van der Waals surface area contributed by atoms with Crippen molar-refractivity contribution in [1.82, 2.24) is 19.7 Å². The van der Waals surface area contributed by atoms with E-state index >= 15 is 0 Å². The van der Waals surface area contributed by atoms with Crippen molar-refractivity contribution < 1.29 is 27.8 Å². The third kappa shape index (κ3) is 6.34. The second-order valence-electron chi connectivity index (χ2n) is 12.1. The highest BCUT2D eigenvalue weighted by molar-refractivity contribution is 5.90. The van der Waals surface area contributed by atoms with Gasteiger partial charge in [0.05, 0.1) is 19.8 Å². The standard InChI is InChI=1S/C19H21F3N4O2.C12H16N2O/c1-3-28-18(27)15-10-26(24-17(15)19(20,21)22)9-12-4-5-16(23-11(12)2)25-7-13-6-14(13)8-25;1-8-9(7-15)2-3-12(13-8)14-5-10-4-11(10)6-14/h4-5,10,13-14H,3,6-9H2,1-2H3;2-3,10-11,15H,4-7H2,1H3. The molecule has 12 heteroatoms. The molecule has 4 fully saturated rings. The molecule has 0 bridgehead atoms. The van der Waals surface area contributed by atoms with E-state index in [1.165, 1.54) is 32.9 Å². The summed E-state index contributed by atoms with van der Waals surface area (Å²) < 4.78 is 45.6. The van der Waals surface area contributed by atoms with Crippen LogP contribution in [0.5, 0.6) is 0 Å². The Hall–Kier alpha value is -3.67. The first kappa shape index (κ1) is 29.4. The molecule has 4 atom stereocenters. The Bertz CT molecular complexity index is 1490. The Balaban J connectivity index is 0.000000183. The highest BCUT2D eigenvalue weighted by atomic mass is 19.4. The molecule has 2 aliphatic heterocycles. The molecule has 2 aliphatic carbocycles. The van der Waals surface area contributed by atoms with Crippen LogP contribution in [0.2, 0.25) is 0 Å². The van der Waals surface area contributed by atoms with Crippen molar-refractivity contribution in [3.8, 4) is 0 Å². The Morgan fingerprint density at radius 2 is 1.42 bits per heavy atom. The molecule has 0 spiro atoms. The molecular formula is C31H37F3N6O3. The van der Waals surface area contributed by atoms with E-state index < -0.39 is 23.4 Å². The summed E-state index contributed by atoms with van der Waals surface area (Å²) >= 11 is 0. The molecule has 4 aliphatic rings. The van der Waals surface area contributed by atoms with Crippen LogP contribution in [0, 0.1) is 37.5 Å². The molecule has 9 nitrogen and oxygen atoms in total. The number of halogens is 3. The molecule has 230 valence electrons. The lowest BCUT2D eigenvalue weighted by atomic mass is 10.2. The largest absolute Gasteiger partial charge is 0.462 e. The van der Waals surface area contributed by atoms with Crippen LogP contribution in [-0.2, 0) is 24.1 Å². The smallest absolute Gasteiger partial charge is 0.436 e.